The molecule has 3 rings (SSSR count). The highest BCUT2D eigenvalue weighted by Crippen LogP contribution is 2.20. The molecule has 0 spiro atoms. The lowest BCUT2D eigenvalue weighted by Gasteiger charge is -2.04. The molecule has 0 aromatic carbocycles. The van der Waals surface area contributed by atoms with Gasteiger partial charge in [0, 0.05) is 0 Å². The van der Waals surface area contributed by atoms with Gasteiger partial charge in [-0.2, -0.15) is 9.97 Å². The van der Waals surface area contributed by atoms with E-state index in [4.69, 9.17) is 16.0 Å². The van der Waals surface area contributed by atoms with Gasteiger partial charge in [0.15, 0.2) is 17.0 Å². The Bertz CT molecular complexity index is 676. The molecule has 18 heavy (non-hydrogen) atoms. The average molecular weight is 264 g/mol. The van der Waals surface area contributed by atoms with Crippen molar-refractivity contribution in [2.24, 2.45) is 0 Å². The molecule has 0 fully saturated rings. The predicted octanol–water partition coefficient (Wildman–Crippen LogP) is 2.52. The molecule has 3 aromatic heterocycles. The minimum Gasteiger partial charge on any atom is -0.467 e. The molecule has 6 nitrogen and oxygen atoms in total. The maximum atomic E-state index is 5.86. The van der Waals surface area contributed by atoms with Crippen LogP contribution in [0.4, 0.5) is 5.82 Å². The van der Waals surface area contributed by atoms with Gasteiger partial charge in [0.25, 0.3) is 0 Å². The third-order valence-electron chi connectivity index (χ3n) is 2.45. The Balaban J connectivity index is 1.95. The Morgan fingerprint density at radius 2 is 2.28 bits per heavy atom. The normalized spacial score (nSPS) is 11.0. The summed E-state index contributed by atoms with van der Waals surface area (Å²) in [6, 6.07) is 3.71. The van der Waals surface area contributed by atoms with Crippen molar-refractivity contribution >= 4 is 28.6 Å². The van der Waals surface area contributed by atoms with Gasteiger partial charge in [-0.3, -0.25) is 0 Å². The van der Waals surface area contributed by atoms with E-state index in [1.54, 1.807) is 6.26 Å². The van der Waals surface area contributed by atoms with E-state index in [9.17, 15) is 0 Å². The van der Waals surface area contributed by atoms with E-state index in [0.717, 1.165) is 11.6 Å². The number of halogens is 1. The van der Waals surface area contributed by atoms with Crippen LogP contribution in [-0.4, -0.2) is 19.9 Å². The summed E-state index contributed by atoms with van der Waals surface area (Å²) in [6.45, 7) is 2.37. The summed E-state index contributed by atoms with van der Waals surface area (Å²) in [5.74, 6) is 2.17. The van der Waals surface area contributed by atoms with E-state index in [0.29, 0.717) is 23.5 Å². The number of H-pyrrole nitrogens is 1. The molecule has 0 aliphatic rings. The second-order valence-corrected chi connectivity index (χ2v) is 4.13. The SMILES string of the molecule is Cc1nc2c(NCc3ccco3)nc(Cl)nc2[nH]1. The molecule has 0 unspecified atom stereocenters. The minimum absolute atomic E-state index is 0.174. The smallest absolute Gasteiger partial charge is 0.226 e. The van der Waals surface area contributed by atoms with Crippen LogP contribution in [0, 0.1) is 6.92 Å². The molecule has 2 N–H and O–H groups in total. The van der Waals surface area contributed by atoms with Gasteiger partial charge >= 0.3 is 0 Å². The lowest BCUT2D eigenvalue weighted by molar-refractivity contribution is 0.518. The third-order valence-corrected chi connectivity index (χ3v) is 2.61. The average Bonchev–Trinajstić information content (AvgIpc) is 2.93. The van der Waals surface area contributed by atoms with Crippen molar-refractivity contribution in [2.45, 2.75) is 13.5 Å². The van der Waals surface area contributed by atoms with Crippen molar-refractivity contribution in [3.63, 3.8) is 0 Å². The van der Waals surface area contributed by atoms with Crippen molar-refractivity contribution < 1.29 is 4.42 Å². The van der Waals surface area contributed by atoms with Crippen molar-refractivity contribution in [1.82, 2.24) is 19.9 Å². The summed E-state index contributed by atoms with van der Waals surface area (Å²) in [7, 11) is 0. The van der Waals surface area contributed by atoms with Crippen molar-refractivity contribution in [3.05, 3.63) is 35.3 Å². The molecule has 7 heteroatoms. The second kappa shape index (κ2) is 4.30. The Kier molecular flexibility index (Phi) is 2.64. The van der Waals surface area contributed by atoms with E-state index in [-0.39, 0.29) is 5.28 Å². The number of anilines is 1. The highest BCUT2D eigenvalue weighted by atomic mass is 35.5. The number of hydrogen-bond donors (Lipinski definition) is 2. The molecule has 0 atom stereocenters. The summed E-state index contributed by atoms with van der Waals surface area (Å²) < 4.78 is 5.24. The number of fused-ring (bicyclic) bond motifs is 1. The fourth-order valence-corrected chi connectivity index (χ4v) is 1.86. The first kappa shape index (κ1) is 11.0. The largest absolute Gasteiger partial charge is 0.467 e. The lowest BCUT2D eigenvalue weighted by atomic mass is 10.4. The number of imidazole rings is 1. The van der Waals surface area contributed by atoms with Gasteiger partial charge in [-0.25, -0.2) is 4.98 Å². The summed E-state index contributed by atoms with van der Waals surface area (Å²) in [4.78, 5) is 15.6. The third kappa shape index (κ3) is 2.02. The molecule has 0 saturated heterocycles. The molecule has 0 aliphatic carbocycles. The number of nitrogens with one attached hydrogen (secondary N) is 2. The summed E-state index contributed by atoms with van der Waals surface area (Å²) in [6.07, 6.45) is 1.62. The van der Waals surface area contributed by atoms with Gasteiger partial charge in [0.05, 0.1) is 12.8 Å². The second-order valence-electron chi connectivity index (χ2n) is 3.79. The van der Waals surface area contributed by atoms with Crippen LogP contribution < -0.4 is 5.32 Å². The maximum absolute atomic E-state index is 5.86. The summed E-state index contributed by atoms with van der Waals surface area (Å²) in [5.41, 5.74) is 1.29. The number of furan rings is 1. The van der Waals surface area contributed by atoms with Crippen LogP contribution in [0.2, 0.25) is 5.28 Å². The standard InChI is InChI=1S/C11H10ClN5O/c1-6-14-8-9(13-5-7-3-2-4-18-7)16-11(12)17-10(8)15-6/h2-4H,5H2,1H3,(H2,13,14,15,16,17). The number of rotatable bonds is 3. The first-order chi connectivity index (χ1) is 8.72. The number of aromatic nitrogens is 4. The molecule has 0 saturated carbocycles. The monoisotopic (exact) mass is 263 g/mol. The highest BCUT2D eigenvalue weighted by molar-refractivity contribution is 6.28. The van der Waals surface area contributed by atoms with Crippen molar-refractivity contribution in [1.29, 1.82) is 0 Å². The number of nitrogens with zero attached hydrogens (tertiary/aromatic N) is 3. The molecular formula is C11H10ClN5O. The van der Waals surface area contributed by atoms with Crippen LogP contribution in [0.3, 0.4) is 0 Å². The van der Waals surface area contributed by atoms with Crippen LogP contribution in [0.25, 0.3) is 11.2 Å². The van der Waals surface area contributed by atoms with Gasteiger partial charge in [0.2, 0.25) is 5.28 Å². The number of hydrogen-bond acceptors (Lipinski definition) is 5. The van der Waals surface area contributed by atoms with Gasteiger partial charge in [0.1, 0.15) is 11.6 Å². The zero-order valence-corrected chi connectivity index (χ0v) is 10.3. The molecule has 0 amide bonds. The predicted molar refractivity (Wildman–Crippen MR) is 67.5 cm³/mol. The van der Waals surface area contributed by atoms with E-state index < -0.39 is 0 Å². The quantitative estimate of drug-likeness (QED) is 0.710. The van der Waals surface area contributed by atoms with Gasteiger partial charge in [-0.05, 0) is 30.7 Å². The highest BCUT2D eigenvalue weighted by Gasteiger charge is 2.10. The lowest BCUT2D eigenvalue weighted by Crippen LogP contribution is -2.02. The van der Waals surface area contributed by atoms with E-state index in [2.05, 4.69) is 25.3 Å². The summed E-state index contributed by atoms with van der Waals surface area (Å²) in [5, 5.41) is 3.31. The van der Waals surface area contributed by atoms with Crippen LogP contribution in [-0.2, 0) is 6.54 Å². The Morgan fingerprint density at radius 1 is 1.39 bits per heavy atom. The zero-order chi connectivity index (χ0) is 12.5. The van der Waals surface area contributed by atoms with Crippen LogP contribution in [0.5, 0.6) is 0 Å². The van der Waals surface area contributed by atoms with Gasteiger partial charge in [-0.15, -0.1) is 0 Å². The van der Waals surface area contributed by atoms with Gasteiger partial charge < -0.3 is 14.7 Å². The fourth-order valence-electron chi connectivity index (χ4n) is 1.69. The van der Waals surface area contributed by atoms with E-state index in [1.807, 2.05) is 19.1 Å². The van der Waals surface area contributed by atoms with E-state index >= 15 is 0 Å². The van der Waals surface area contributed by atoms with Crippen molar-refractivity contribution in [3.8, 4) is 0 Å². The fraction of sp³-hybridized carbons (Fsp3) is 0.182. The molecule has 0 bridgehead atoms. The molecular weight excluding hydrogens is 254 g/mol. The van der Waals surface area contributed by atoms with Crippen LogP contribution in [0.1, 0.15) is 11.6 Å². The van der Waals surface area contributed by atoms with E-state index in [1.165, 1.54) is 0 Å². The molecule has 0 aliphatic heterocycles. The molecule has 0 radical (unpaired) electrons. The number of aryl methyl sites for hydroxylation is 1. The summed E-state index contributed by atoms with van der Waals surface area (Å²) >= 11 is 5.86. The molecule has 3 heterocycles. The van der Waals surface area contributed by atoms with Crippen LogP contribution >= 0.6 is 11.6 Å². The molecule has 3 aromatic rings. The van der Waals surface area contributed by atoms with Gasteiger partial charge in [-0.1, -0.05) is 0 Å². The first-order valence-corrected chi connectivity index (χ1v) is 5.76. The Hall–Kier alpha value is -2.08. The Labute approximate surface area is 107 Å². The Morgan fingerprint density at radius 3 is 3.06 bits per heavy atom. The maximum Gasteiger partial charge on any atom is 0.226 e. The zero-order valence-electron chi connectivity index (χ0n) is 9.57. The van der Waals surface area contributed by atoms with Crippen molar-refractivity contribution in [2.75, 3.05) is 5.32 Å². The minimum atomic E-state index is 0.174. The molecule has 92 valence electrons. The first-order valence-electron chi connectivity index (χ1n) is 5.38. The van der Waals surface area contributed by atoms with Crippen LogP contribution in [0.15, 0.2) is 22.8 Å². The topological polar surface area (TPSA) is 79.6 Å². The number of aromatic amines is 1.